The number of aryl methyl sites for hydroxylation is 1. The van der Waals surface area contributed by atoms with E-state index < -0.39 is 10.0 Å². The zero-order chi connectivity index (χ0) is 24.0. The van der Waals surface area contributed by atoms with E-state index in [1.54, 1.807) is 36.1 Å². The van der Waals surface area contributed by atoms with Gasteiger partial charge in [0, 0.05) is 24.3 Å². The Hall–Kier alpha value is -3.07. The number of anilines is 1. The van der Waals surface area contributed by atoms with Gasteiger partial charge in [-0.15, -0.1) is 0 Å². The highest BCUT2D eigenvalue weighted by Gasteiger charge is 2.29. The van der Waals surface area contributed by atoms with E-state index in [1.807, 2.05) is 6.92 Å². The summed E-state index contributed by atoms with van der Waals surface area (Å²) < 4.78 is 39.0. The lowest BCUT2D eigenvalue weighted by molar-refractivity contribution is -0.143. The summed E-state index contributed by atoms with van der Waals surface area (Å²) in [5, 5.41) is 0. The van der Waals surface area contributed by atoms with Gasteiger partial charge in [-0.25, -0.2) is 8.42 Å². The molecule has 1 aliphatic carbocycles. The number of sulfonamides is 1. The molecule has 33 heavy (non-hydrogen) atoms. The Morgan fingerprint density at radius 3 is 2.42 bits per heavy atom. The van der Waals surface area contributed by atoms with Crippen LogP contribution in [0.25, 0.3) is 0 Å². The second-order valence-electron chi connectivity index (χ2n) is 8.09. The Labute approximate surface area is 194 Å². The van der Waals surface area contributed by atoms with Crippen molar-refractivity contribution in [3.63, 3.8) is 0 Å². The molecule has 0 saturated heterocycles. The Balaban J connectivity index is 1.85. The van der Waals surface area contributed by atoms with Crippen molar-refractivity contribution < 1.29 is 27.5 Å². The first-order chi connectivity index (χ1) is 15.7. The van der Waals surface area contributed by atoms with Gasteiger partial charge < -0.3 is 14.4 Å². The molecule has 8 nitrogen and oxygen atoms in total. The standard InChI is InChI=1S/C24H30N2O6S/c1-4-32-23(27)13-14-26(16-18-7-8-18)24(28)19-9-12-21(31-3)22(15-19)33(29,30)25-20-10-5-17(2)6-11-20/h5-6,9-12,15,18,25H,4,7-8,13-14,16H2,1-3H3. The highest BCUT2D eigenvalue weighted by molar-refractivity contribution is 7.92. The topological polar surface area (TPSA) is 102 Å². The van der Waals surface area contributed by atoms with E-state index in [-0.39, 0.29) is 47.7 Å². The Bertz CT molecular complexity index is 1090. The molecule has 3 rings (SSSR count). The van der Waals surface area contributed by atoms with Crippen LogP contribution in [0.5, 0.6) is 5.75 Å². The van der Waals surface area contributed by atoms with Crippen molar-refractivity contribution >= 4 is 27.6 Å². The smallest absolute Gasteiger partial charge is 0.307 e. The van der Waals surface area contributed by atoms with Gasteiger partial charge in [0.2, 0.25) is 0 Å². The van der Waals surface area contributed by atoms with Crippen molar-refractivity contribution in [3.8, 4) is 5.75 Å². The van der Waals surface area contributed by atoms with Crippen LogP contribution < -0.4 is 9.46 Å². The van der Waals surface area contributed by atoms with Crippen LogP contribution in [-0.4, -0.2) is 52.0 Å². The zero-order valence-corrected chi connectivity index (χ0v) is 20.0. The average Bonchev–Trinajstić information content (AvgIpc) is 3.61. The molecule has 1 saturated carbocycles. The third kappa shape index (κ3) is 6.71. The zero-order valence-electron chi connectivity index (χ0n) is 19.2. The number of carbonyl (C=O) groups excluding carboxylic acids is 2. The lowest BCUT2D eigenvalue weighted by atomic mass is 10.1. The van der Waals surface area contributed by atoms with Crippen LogP contribution in [0.4, 0.5) is 5.69 Å². The first-order valence-electron chi connectivity index (χ1n) is 11.0. The first-order valence-corrected chi connectivity index (χ1v) is 12.4. The summed E-state index contributed by atoms with van der Waals surface area (Å²) in [6.45, 7) is 4.65. The van der Waals surface area contributed by atoms with Gasteiger partial charge in [-0.05, 0) is 62.9 Å². The van der Waals surface area contributed by atoms with Crippen molar-refractivity contribution in [2.24, 2.45) is 5.92 Å². The van der Waals surface area contributed by atoms with E-state index >= 15 is 0 Å². The number of hydrogen-bond acceptors (Lipinski definition) is 6. The van der Waals surface area contributed by atoms with Crippen LogP contribution in [0.15, 0.2) is 47.4 Å². The van der Waals surface area contributed by atoms with E-state index in [2.05, 4.69) is 4.72 Å². The van der Waals surface area contributed by atoms with Gasteiger partial charge in [-0.1, -0.05) is 17.7 Å². The number of benzene rings is 2. The van der Waals surface area contributed by atoms with Gasteiger partial charge in [-0.2, -0.15) is 0 Å². The van der Waals surface area contributed by atoms with Gasteiger partial charge in [0.15, 0.2) is 0 Å². The van der Waals surface area contributed by atoms with E-state index in [4.69, 9.17) is 9.47 Å². The van der Waals surface area contributed by atoms with Gasteiger partial charge in [0.1, 0.15) is 10.6 Å². The highest BCUT2D eigenvalue weighted by Crippen LogP contribution is 2.31. The average molecular weight is 475 g/mol. The number of esters is 1. The highest BCUT2D eigenvalue weighted by atomic mass is 32.2. The molecule has 2 aromatic carbocycles. The fraction of sp³-hybridized carbons (Fsp3) is 0.417. The molecule has 1 amide bonds. The van der Waals surface area contributed by atoms with Gasteiger partial charge >= 0.3 is 5.97 Å². The van der Waals surface area contributed by atoms with Gasteiger partial charge in [-0.3, -0.25) is 14.3 Å². The molecule has 2 aromatic rings. The molecule has 0 spiro atoms. The molecule has 0 atom stereocenters. The van der Waals surface area contributed by atoms with Crippen LogP contribution in [-0.2, 0) is 19.6 Å². The van der Waals surface area contributed by atoms with Crippen LogP contribution in [0, 0.1) is 12.8 Å². The molecule has 0 heterocycles. The molecule has 178 valence electrons. The summed E-state index contributed by atoms with van der Waals surface area (Å²) in [5.41, 5.74) is 1.62. The minimum Gasteiger partial charge on any atom is -0.495 e. The molecule has 1 aliphatic rings. The van der Waals surface area contributed by atoms with Crippen molar-refractivity contribution in [3.05, 3.63) is 53.6 Å². The Kier molecular flexibility index (Phi) is 7.97. The van der Waals surface area contributed by atoms with Crippen LogP contribution >= 0.6 is 0 Å². The normalized spacial score (nSPS) is 13.3. The van der Waals surface area contributed by atoms with Crippen LogP contribution in [0.1, 0.15) is 42.1 Å². The molecule has 0 unspecified atom stereocenters. The van der Waals surface area contributed by atoms with E-state index in [9.17, 15) is 18.0 Å². The molecule has 1 fully saturated rings. The summed E-state index contributed by atoms with van der Waals surface area (Å²) >= 11 is 0. The third-order valence-electron chi connectivity index (χ3n) is 5.36. The largest absolute Gasteiger partial charge is 0.495 e. The quantitative estimate of drug-likeness (QED) is 0.499. The minimum atomic E-state index is -4.01. The maximum Gasteiger partial charge on any atom is 0.307 e. The summed E-state index contributed by atoms with van der Waals surface area (Å²) in [7, 11) is -2.64. The van der Waals surface area contributed by atoms with Crippen molar-refractivity contribution in [2.75, 3.05) is 31.5 Å². The third-order valence-corrected chi connectivity index (χ3v) is 6.76. The van der Waals surface area contributed by atoms with Gasteiger partial charge in [0.25, 0.3) is 15.9 Å². The maximum absolute atomic E-state index is 13.3. The summed E-state index contributed by atoms with van der Waals surface area (Å²) in [6, 6.07) is 11.3. The van der Waals surface area contributed by atoms with Gasteiger partial charge in [0.05, 0.1) is 20.1 Å². The second kappa shape index (κ2) is 10.7. The van der Waals surface area contributed by atoms with Crippen molar-refractivity contribution in [1.82, 2.24) is 4.90 Å². The maximum atomic E-state index is 13.3. The molecule has 0 bridgehead atoms. The second-order valence-corrected chi connectivity index (χ2v) is 9.74. The molecule has 0 radical (unpaired) electrons. The number of rotatable bonds is 11. The molecular formula is C24H30N2O6S. The van der Waals surface area contributed by atoms with E-state index in [1.165, 1.54) is 25.3 Å². The van der Waals surface area contributed by atoms with Crippen molar-refractivity contribution in [2.45, 2.75) is 38.0 Å². The first kappa shape index (κ1) is 24.6. The number of carbonyl (C=O) groups is 2. The van der Waals surface area contributed by atoms with Crippen molar-refractivity contribution in [1.29, 1.82) is 0 Å². The number of methoxy groups -OCH3 is 1. The lowest BCUT2D eigenvalue weighted by Gasteiger charge is -2.23. The summed E-state index contributed by atoms with van der Waals surface area (Å²) in [5.74, 6) is -0.167. The van der Waals surface area contributed by atoms with E-state index in [0.29, 0.717) is 18.2 Å². The fourth-order valence-electron chi connectivity index (χ4n) is 3.38. The predicted octanol–water partition coefficient (Wildman–Crippen LogP) is 3.61. The summed E-state index contributed by atoms with van der Waals surface area (Å²) in [4.78, 5) is 26.5. The SMILES string of the molecule is CCOC(=O)CCN(CC1CC1)C(=O)c1ccc(OC)c(S(=O)(=O)Nc2ccc(C)cc2)c1. The molecule has 1 N–H and O–H groups in total. The number of amides is 1. The molecule has 0 aliphatic heterocycles. The number of nitrogens with zero attached hydrogens (tertiary/aromatic N) is 1. The van der Waals surface area contributed by atoms with Crippen LogP contribution in [0.3, 0.4) is 0 Å². The lowest BCUT2D eigenvalue weighted by Crippen LogP contribution is -2.35. The van der Waals surface area contributed by atoms with Crippen LogP contribution in [0.2, 0.25) is 0 Å². The number of nitrogens with one attached hydrogen (secondary N) is 1. The van der Waals surface area contributed by atoms with E-state index in [0.717, 1.165) is 18.4 Å². The summed E-state index contributed by atoms with van der Waals surface area (Å²) in [6.07, 6.45) is 2.15. The monoisotopic (exact) mass is 474 g/mol. The predicted molar refractivity (Wildman–Crippen MR) is 125 cm³/mol. The fourth-order valence-corrected chi connectivity index (χ4v) is 4.64. The molecular weight excluding hydrogens is 444 g/mol. The Morgan fingerprint density at radius 2 is 1.82 bits per heavy atom. The molecule has 0 aromatic heterocycles. The number of ether oxygens (including phenoxy) is 2. The number of hydrogen-bond donors (Lipinski definition) is 1. The Morgan fingerprint density at radius 1 is 1.12 bits per heavy atom. The minimum absolute atomic E-state index is 0.0859. The molecule has 9 heteroatoms.